The molecule has 56 heavy (non-hydrogen) atoms. The van der Waals surface area contributed by atoms with E-state index in [1.54, 1.807) is 6.26 Å². The van der Waals surface area contributed by atoms with Gasteiger partial charge in [-0.2, -0.15) is 0 Å². The molecule has 5 aliphatic heterocycles. The number of epoxide rings is 1. The molecule has 16 unspecified atom stereocenters. The second kappa shape index (κ2) is 13.6. The Hall–Kier alpha value is -2.39. The van der Waals surface area contributed by atoms with Gasteiger partial charge in [0, 0.05) is 47.5 Å². The molecule has 13 heteroatoms. The van der Waals surface area contributed by atoms with Crippen molar-refractivity contribution in [3.8, 4) is 0 Å². The van der Waals surface area contributed by atoms with Crippen molar-refractivity contribution in [1.29, 1.82) is 0 Å². The first-order chi connectivity index (χ1) is 26.7. The first-order valence-corrected chi connectivity index (χ1v) is 21.4. The standard InChI is InChI=1S/C43H62N2O11/c1-22(2)12-14-40(4)32-30(48)33(49)41(5)31-24(10-11-27-35(55-40)42(31,32)20-53-37(27)50)17-39(3)34(54-38(51)36-43(39,41)56-36)26-13-15-52-29(26)16-23(28(47)19-46)8-6-7-9-25-18-44-21-45-25/h13,15,22-25,27-28,31-36,44-47,49H,6-12,14,16-21H2,1-5H3. The third-order valence-electron chi connectivity index (χ3n) is 16.6. The van der Waals surface area contributed by atoms with E-state index in [4.69, 9.17) is 23.4 Å². The van der Waals surface area contributed by atoms with Crippen LogP contribution in [0.3, 0.4) is 0 Å². The summed E-state index contributed by atoms with van der Waals surface area (Å²) in [5, 5.41) is 40.6. The summed E-state index contributed by atoms with van der Waals surface area (Å²) in [4.78, 5) is 42.9. The fourth-order valence-electron chi connectivity index (χ4n) is 14.3. The Kier molecular flexibility index (Phi) is 9.47. The van der Waals surface area contributed by atoms with Gasteiger partial charge in [0.2, 0.25) is 0 Å². The molecule has 16 atom stereocenters. The van der Waals surface area contributed by atoms with Crippen LogP contribution in [0.25, 0.3) is 0 Å². The largest absolute Gasteiger partial charge is 0.469 e. The van der Waals surface area contributed by atoms with Crippen molar-refractivity contribution in [1.82, 2.24) is 10.6 Å². The Morgan fingerprint density at radius 3 is 2.55 bits per heavy atom. The first kappa shape index (κ1) is 39.1. The van der Waals surface area contributed by atoms with Gasteiger partial charge < -0.3 is 49.3 Å². The quantitative estimate of drug-likeness (QED) is 0.111. The summed E-state index contributed by atoms with van der Waals surface area (Å²) in [6, 6.07) is 2.26. The van der Waals surface area contributed by atoms with Crippen LogP contribution in [0.2, 0.25) is 0 Å². The lowest BCUT2D eigenvalue weighted by molar-refractivity contribution is -0.266. The smallest absolute Gasteiger partial charge is 0.339 e. The number of carbonyl (C=O) groups excluding carboxylic acids is 3. The van der Waals surface area contributed by atoms with Gasteiger partial charge in [-0.3, -0.25) is 9.59 Å². The molecule has 3 saturated carbocycles. The predicted octanol–water partition coefficient (Wildman–Crippen LogP) is 3.36. The molecular formula is C43H62N2O11. The predicted molar refractivity (Wildman–Crippen MR) is 199 cm³/mol. The zero-order chi connectivity index (χ0) is 39.6. The molecule has 2 spiro atoms. The normalized spacial score (nSPS) is 47.0. The Morgan fingerprint density at radius 1 is 1.02 bits per heavy atom. The van der Waals surface area contributed by atoms with E-state index in [1.165, 1.54) is 0 Å². The van der Waals surface area contributed by atoms with Crippen molar-refractivity contribution < 1.29 is 53.1 Å². The maximum absolute atomic E-state index is 15.2. The van der Waals surface area contributed by atoms with Crippen molar-refractivity contribution in [2.45, 2.75) is 147 Å². The van der Waals surface area contributed by atoms with E-state index < -0.39 is 75.8 Å². The fraction of sp³-hybridized carbons (Fsp3) is 0.837. The number of ether oxygens (including phenoxy) is 4. The average molecular weight is 783 g/mol. The summed E-state index contributed by atoms with van der Waals surface area (Å²) in [6.07, 6.45) is 3.86. The molecule has 8 fully saturated rings. The van der Waals surface area contributed by atoms with Crippen LogP contribution in [-0.4, -0.2) is 101 Å². The van der Waals surface area contributed by atoms with E-state index in [2.05, 4.69) is 31.4 Å². The van der Waals surface area contributed by atoms with Gasteiger partial charge in [0.15, 0.2) is 11.9 Å². The van der Waals surface area contributed by atoms with E-state index in [-0.39, 0.29) is 42.7 Å². The van der Waals surface area contributed by atoms with Crippen LogP contribution in [0.4, 0.5) is 0 Å². The molecular weight excluding hydrogens is 720 g/mol. The van der Waals surface area contributed by atoms with Crippen LogP contribution in [-0.2, 0) is 39.8 Å². The highest BCUT2D eigenvalue weighted by Gasteiger charge is 2.92. The summed E-state index contributed by atoms with van der Waals surface area (Å²) in [5.41, 5.74) is -4.52. The van der Waals surface area contributed by atoms with Crippen LogP contribution >= 0.6 is 0 Å². The van der Waals surface area contributed by atoms with Crippen LogP contribution in [0.5, 0.6) is 0 Å². The number of unbranched alkanes of at least 4 members (excludes halogenated alkanes) is 1. The lowest BCUT2D eigenvalue weighted by atomic mass is 9.34. The lowest BCUT2D eigenvalue weighted by Crippen LogP contribution is -2.78. The topological polar surface area (TPSA) is 189 Å². The van der Waals surface area contributed by atoms with Crippen molar-refractivity contribution in [3.63, 3.8) is 0 Å². The van der Waals surface area contributed by atoms with Gasteiger partial charge in [0.25, 0.3) is 0 Å². The van der Waals surface area contributed by atoms with Gasteiger partial charge >= 0.3 is 11.9 Å². The van der Waals surface area contributed by atoms with Crippen molar-refractivity contribution in [3.05, 3.63) is 23.7 Å². The molecule has 3 aliphatic carbocycles. The van der Waals surface area contributed by atoms with E-state index in [1.807, 2.05) is 19.9 Å². The summed E-state index contributed by atoms with van der Waals surface area (Å²) < 4.78 is 32.4. The second-order valence-electron chi connectivity index (χ2n) is 19.9. The Balaban J connectivity index is 1.09. The number of ketones is 1. The average Bonchev–Trinajstić information content (AvgIpc) is 3.40. The Morgan fingerprint density at radius 2 is 1.82 bits per heavy atom. The van der Waals surface area contributed by atoms with Crippen molar-refractivity contribution in [2.24, 2.45) is 51.8 Å². The number of esters is 2. The number of carbonyl (C=O) groups is 3. The molecule has 8 aliphatic rings. The van der Waals surface area contributed by atoms with E-state index in [0.29, 0.717) is 61.8 Å². The number of Topliss-reactive ketones (excluding diaryl/α,β-unsaturated/α-hetero) is 1. The fourth-order valence-corrected chi connectivity index (χ4v) is 14.3. The third-order valence-corrected chi connectivity index (χ3v) is 16.6. The summed E-state index contributed by atoms with van der Waals surface area (Å²) >= 11 is 0. The lowest BCUT2D eigenvalue weighted by Gasteiger charge is -2.68. The maximum atomic E-state index is 15.2. The minimum absolute atomic E-state index is 0.0317. The van der Waals surface area contributed by atoms with Gasteiger partial charge in [0.05, 0.1) is 42.5 Å². The van der Waals surface area contributed by atoms with E-state index >= 15 is 4.79 Å². The van der Waals surface area contributed by atoms with Crippen LogP contribution in [0.1, 0.15) is 110 Å². The first-order valence-electron chi connectivity index (χ1n) is 21.4. The number of hydrogen-bond donors (Lipinski definition) is 5. The molecule has 0 aromatic carbocycles. The summed E-state index contributed by atoms with van der Waals surface area (Å²) in [7, 11) is 0. The van der Waals surface area contributed by atoms with Gasteiger partial charge in [-0.1, -0.05) is 40.5 Å². The molecule has 5 saturated heterocycles. The van der Waals surface area contributed by atoms with Gasteiger partial charge in [-0.25, -0.2) is 4.79 Å². The van der Waals surface area contributed by atoms with Gasteiger partial charge in [-0.05, 0) is 81.6 Å². The van der Waals surface area contributed by atoms with Crippen molar-refractivity contribution >= 4 is 17.7 Å². The molecule has 9 rings (SSSR count). The highest BCUT2D eigenvalue weighted by molar-refractivity contribution is 5.92. The molecule has 5 N–H and O–H groups in total. The monoisotopic (exact) mass is 782 g/mol. The SMILES string of the molecule is CC(C)CCC1(C)OC2C3CCC4CC5(C)C(c6ccoc6CC(CCCCC6CNCN6)C(O)CO)OC(=O)C6OC65C5(C)C(O)C(=O)C1C2(COC3=O)C45. The molecule has 2 bridgehead atoms. The van der Waals surface area contributed by atoms with Crippen LogP contribution < -0.4 is 10.6 Å². The molecule has 0 amide bonds. The number of cyclic esters (lactones) is 2. The van der Waals surface area contributed by atoms with Gasteiger partial charge in [0.1, 0.15) is 30.2 Å². The van der Waals surface area contributed by atoms with E-state index in [9.17, 15) is 24.9 Å². The molecule has 310 valence electrons. The highest BCUT2D eigenvalue weighted by Crippen LogP contribution is 2.82. The van der Waals surface area contributed by atoms with Gasteiger partial charge in [-0.15, -0.1) is 0 Å². The summed E-state index contributed by atoms with van der Waals surface area (Å²) in [5.74, 6) is -2.15. The Bertz CT molecular complexity index is 1730. The van der Waals surface area contributed by atoms with Crippen molar-refractivity contribution in [2.75, 3.05) is 26.4 Å². The molecule has 6 heterocycles. The molecule has 1 aromatic rings. The number of nitrogens with one attached hydrogen (secondary N) is 2. The van der Waals surface area contributed by atoms with Crippen LogP contribution in [0.15, 0.2) is 16.7 Å². The summed E-state index contributed by atoms with van der Waals surface area (Å²) in [6.45, 7) is 11.7. The molecule has 1 aromatic heterocycles. The molecule has 0 radical (unpaired) electrons. The zero-order valence-electron chi connectivity index (χ0n) is 33.6. The Labute approximate surface area is 329 Å². The molecule has 13 nitrogen and oxygen atoms in total. The number of furan rings is 1. The minimum Gasteiger partial charge on any atom is -0.469 e. The zero-order valence-corrected chi connectivity index (χ0v) is 33.6. The van der Waals surface area contributed by atoms with Crippen LogP contribution in [0, 0.1) is 51.8 Å². The van der Waals surface area contributed by atoms with E-state index in [0.717, 1.165) is 38.9 Å². The highest BCUT2D eigenvalue weighted by atomic mass is 16.7. The third kappa shape index (κ3) is 5.19. The second-order valence-corrected chi connectivity index (χ2v) is 19.9. The number of rotatable bonds is 13. The number of aliphatic hydroxyl groups excluding tert-OH is 3. The maximum Gasteiger partial charge on any atom is 0.339 e. The number of hydrogen-bond acceptors (Lipinski definition) is 13. The minimum atomic E-state index is -1.46. The number of aliphatic hydroxyl groups is 3.